The van der Waals surface area contributed by atoms with E-state index >= 15 is 0 Å². The lowest BCUT2D eigenvalue weighted by Gasteiger charge is -2.38. The van der Waals surface area contributed by atoms with Gasteiger partial charge in [-0.05, 0) is 78.3 Å². The number of hydrogen-bond acceptors (Lipinski definition) is 4. The van der Waals surface area contributed by atoms with Crippen molar-refractivity contribution in [2.75, 3.05) is 10.6 Å². The van der Waals surface area contributed by atoms with Gasteiger partial charge in [0.25, 0.3) is 0 Å². The van der Waals surface area contributed by atoms with Crippen molar-refractivity contribution in [1.82, 2.24) is 0 Å². The third kappa shape index (κ3) is 3.48. The number of ketones is 2. The number of nitrogens with one attached hydrogen (secondary N) is 2. The van der Waals surface area contributed by atoms with Crippen LogP contribution in [0.4, 0.5) is 11.4 Å². The van der Waals surface area contributed by atoms with E-state index in [1.165, 1.54) is 0 Å². The predicted octanol–water partition coefficient (Wildman–Crippen LogP) is 6.73. The Morgan fingerprint density at radius 3 is 1.20 bits per heavy atom. The fourth-order valence-corrected chi connectivity index (χ4v) is 8.87. The van der Waals surface area contributed by atoms with Gasteiger partial charge in [-0.2, -0.15) is 0 Å². The molecule has 6 heteroatoms. The van der Waals surface area contributed by atoms with Crippen LogP contribution in [0.2, 0.25) is 0 Å². The number of amides is 2. The number of hydrogen-bond donors (Lipinski definition) is 2. The first-order valence-corrected chi connectivity index (χ1v) is 15.0. The summed E-state index contributed by atoms with van der Waals surface area (Å²) in [5.74, 6) is 0.330. The third-order valence-corrected chi connectivity index (χ3v) is 13.1. The van der Waals surface area contributed by atoms with Crippen LogP contribution in [-0.4, -0.2) is 23.4 Å². The largest absolute Gasteiger partial charge is 0.326 e. The van der Waals surface area contributed by atoms with E-state index in [9.17, 15) is 19.2 Å². The van der Waals surface area contributed by atoms with Crippen molar-refractivity contribution < 1.29 is 19.2 Å². The monoisotopic (exact) mass is 554 g/mol. The van der Waals surface area contributed by atoms with Crippen LogP contribution in [0.1, 0.15) is 91.2 Å². The van der Waals surface area contributed by atoms with Crippen molar-refractivity contribution in [3.63, 3.8) is 0 Å². The van der Waals surface area contributed by atoms with E-state index in [2.05, 4.69) is 38.3 Å². The SMILES string of the molecule is CC12CCC(C(=O)Nc3ccc(Cc4ccc(NC(=O)C56CCC(C)(C(=O)C5)C6(C)C)cc4)cc3)(CC1=O)C2(C)C. The zero-order valence-electron chi connectivity index (χ0n) is 25.2. The minimum atomic E-state index is -0.644. The van der Waals surface area contributed by atoms with Gasteiger partial charge >= 0.3 is 0 Å². The lowest BCUT2D eigenvalue weighted by molar-refractivity contribution is -0.131. The van der Waals surface area contributed by atoms with Crippen molar-refractivity contribution in [3.05, 3.63) is 59.7 Å². The maximum atomic E-state index is 13.5. The Kier molecular flexibility index (Phi) is 5.86. The zero-order valence-corrected chi connectivity index (χ0v) is 25.2. The summed E-state index contributed by atoms with van der Waals surface area (Å²) in [5.41, 5.74) is 0.840. The van der Waals surface area contributed by atoms with Crippen LogP contribution < -0.4 is 10.6 Å². The van der Waals surface area contributed by atoms with Crippen molar-refractivity contribution in [2.45, 2.75) is 86.5 Å². The maximum Gasteiger partial charge on any atom is 0.231 e. The van der Waals surface area contributed by atoms with Gasteiger partial charge in [-0.15, -0.1) is 0 Å². The molecule has 4 fully saturated rings. The molecule has 216 valence electrons. The van der Waals surface area contributed by atoms with Gasteiger partial charge in [0.05, 0.1) is 10.8 Å². The van der Waals surface area contributed by atoms with Gasteiger partial charge in [0.1, 0.15) is 11.6 Å². The first-order valence-electron chi connectivity index (χ1n) is 15.0. The van der Waals surface area contributed by atoms with Crippen LogP contribution in [0.15, 0.2) is 48.5 Å². The summed E-state index contributed by atoms with van der Waals surface area (Å²) >= 11 is 0. The van der Waals surface area contributed by atoms with E-state index < -0.39 is 21.7 Å². The van der Waals surface area contributed by atoms with Crippen LogP contribution >= 0.6 is 0 Å². The molecule has 4 unspecified atom stereocenters. The van der Waals surface area contributed by atoms with E-state index in [4.69, 9.17) is 0 Å². The summed E-state index contributed by atoms with van der Waals surface area (Å²) in [7, 11) is 0. The average molecular weight is 555 g/mol. The molecule has 6 nitrogen and oxygen atoms in total. The Hall–Kier alpha value is -3.28. The summed E-state index contributed by atoms with van der Waals surface area (Å²) < 4.78 is 0. The summed E-state index contributed by atoms with van der Waals surface area (Å²) in [6.45, 7) is 12.3. The minimum Gasteiger partial charge on any atom is -0.326 e. The Balaban J connectivity index is 1.08. The number of carbonyl (C=O) groups is 4. The summed E-state index contributed by atoms with van der Waals surface area (Å²) in [5, 5.41) is 6.21. The molecule has 0 heterocycles. The van der Waals surface area contributed by atoms with Crippen LogP contribution in [-0.2, 0) is 25.6 Å². The van der Waals surface area contributed by atoms with Crippen LogP contribution in [0.5, 0.6) is 0 Å². The van der Waals surface area contributed by atoms with Gasteiger partial charge in [-0.1, -0.05) is 65.8 Å². The minimum absolute atomic E-state index is 0.0467. The van der Waals surface area contributed by atoms with Crippen molar-refractivity contribution in [1.29, 1.82) is 0 Å². The van der Waals surface area contributed by atoms with E-state index in [1.807, 2.05) is 62.4 Å². The second-order valence-electron chi connectivity index (χ2n) is 14.8. The van der Waals surface area contributed by atoms with Crippen LogP contribution in [0.3, 0.4) is 0 Å². The molecule has 4 bridgehead atoms. The number of fused-ring (bicyclic) bond motifs is 4. The number of rotatable bonds is 6. The first-order chi connectivity index (χ1) is 19.1. The van der Waals surface area contributed by atoms with Gasteiger partial charge in [-0.3, -0.25) is 19.2 Å². The highest BCUT2D eigenvalue weighted by molar-refractivity contribution is 6.05. The Labute approximate surface area is 243 Å². The molecule has 2 aromatic carbocycles. The molecular weight excluding hydrogens is 512 g/mol. The van der Waals surface area contributed by atoms with Crippen LogP contribution in [0, 0.1) is 32.5 Å². The number of anilines is 2. The maximum absolute atomic E-state index is 13.5. The first kappa shape index (κ1) is 27.9. The van der Waals surface area contributed by atoms with E-state index in [1.54, 1.807) is 0 Å². The second kappa shape index (κ2) is 8.62. The third-order valence-electron chi connectivity index (χ3n) is 13.1. The Morgan fingerprint density at radius 1 is 0.585 bits per heavy atom. The molecular formula is C35H42N2O4. The molecule has 0 aromatic heterocycles. The molecule has 2 N–H and O–H groups in total. The molecule has 2 amide bonds. The molecule has 4 aliphatic carbocycles. The van der Waals surface area contributed by atoms with Gasteiger partial charge in [0, 0.05) is 35.0 Å². The molecule has 0 aliphatic heterocycles. The highest BCUT2D eigenvalue weighted by Crippen LogP contribution is 2.71. The molecule has 4 saturated carbocycles. The summed E-state index contributed by atoms with van der Waals surface area (Å²) in [6, 6.07) is 15.8. The number of benzene rings is 2. The highest BCUT2D eigenvalue weighted by atomic mass is 16.2. The topological polar surface area (TPSA) is 92.3 Å². The molecule has 2 aromatic rings. The van der Waals surface area contributed by atoms with Crippen LogP contribution in [0.25, 0.3) is 0 Å². The molecule has 0 radical (unpaired) electrons. The fourth-order valence-electron chi connectivity index (χ4n) is 8.87. The average Bonchev–Trinajstić information content (AvgIpc) is 3.39. The van der Waals surface area contributed by atoms with E-state index in [-0.39, 0.29) is 34.2 Å². The van der Waals surface area contributed by atoms with Crippen molar-refractivity contribution >= 4 is 34.8 Å². The van der Waals surface area contributed by atoms with E-state index in [0.717, 1.165) is 54.6 Å². The lowest BCUT2D eigenvalue weighted by atomic mass is 9.64. The summed E-state index contributed by atoms with van der Waals surface area (Å²) in [4.78, 5) is 52.4. The van der Waals surface area contributed by atoms with Gasteiger partial charge in [0.2, 0.25) is 11.8 Å². The highest BCUT2D eigenvalue weighted by Gasteiger charge is 2.73. The van der Waals surface area contributed by atoms with Gasteiger partial charge in [0.15, 0.2) is 0 Å². The van der Waals surface area contributed by atoms with Gasteiger partial charge < -0.3 is 10.6 Å². The smallest absolute Gasteiger partial charge is 0.231 e. The molecule has 41 heavy (non-hydrogen) atoms. The van der Waals surface area contributed by atoms with Crippen molar-refractivity contribution in [3.8, 4) is 0 Å². The lowest BCUT2D eigenvalue weighted by Crippen LogP contribution is -2.43. The molecule has 6 rings (SSSR count). The Morgan fingerprint density at radius 2 is 0.927 bits per heavy atom. The predicted molar refractivity (Wildman–Crippen MR) is 159 cm³/mol. The molecule has 0 spiro atoms. The fraction of sp³-hybridized carbons (Fsp3) is 0.543. The second-order valence-corrected chi connectivity index (χ2v) is 14.8. The van der Waals surface area contributed by atoms with Crippen molar-refractivity contribution in [2.24, 2.45) is 32.5 Å². The zero-order chi connectivity index (χ0) is 29.6. The number of Topliss-reactive ketones (excluding diaryl/α,β-unsaturated/α-hetero) is 2. The standard InChI is InChI=1S/C35H42N2O4/c1-30(2)32(5)15-17-34(30,20-26(32)38)28(40)36-24-11-7-22(8-12-24)19-23-9-13-25(14-10-23)37-29(41)35-18-16-33(6,27(39)21-35)31(35,3)4/h7-14H,15-21H2,1-6H3,(H,36,40)(H,37,41). The molecule has 4 atom stereocenters. The number of carbonyl (C=O) groups excluding carboxylic acids is 4. The van der Waals surface area contributed by atoms with Gasteiger partial charge in [-0.25, -0.2) is 0 Å². The molecule has 0 saturated heterocycles. The summed E-state index contributed by atoms with van der Waals surface area (Å²) in [6.07, 6.45) is 4.41. The quantitative estimate of drug-likeness (QED) is 0.414. The normalized spacial score (nSPS) is 34.2. The Bertz CT molecular complexity index is 1360. The van der Waals surface area contributed by atoms with E-state index in [0.29, 0.717) is 12.8 Å². The molecule has 4 aliphatic rings.